The Bertz CT molecular complexity index is 1350. The quantitative estimate of drug-likeness (QED) is 0.105. The number of aromatic nitrogens is 3. The number of benzene rings is 2. The Kier molecular flexibility index (Phi) is 13.5. The molecule has 2 aromatic carbocycles. The molecule has 2 N–H and O–H groups in total. The largest absolute Gasteiger partial charge is 0.592 e. The predicted molar refractivity (Wildman–Crippen MR) is 154 cm³/mol. The molecule has 3 heterocycles. The van der Waals surface area contributed by atoms with Gasteiger partial charge < -0.3 is 15.1 Å². The number of pyridine rings is 3. The first-order valence-electron chi connectivity index (χ1n) is 10.7. The van der Waals surface area contributed by atoms with Crippen LogP contribution in [-0.2, 0) is 20.1 Å². The van der Waals surface area contributed by atoms with Gasteiger partial charge in [-0.2, -0.15) is 0 Å². The van der Waals surface area contributed by atoms with Gasteiger partial charge in [0.1, 0.15) is 0 Å². The summed E-state index contributed by atoms with van der Waals surface area (Å²) in [6, 6.07) is 29.4. The Hall–Kier alpha value is -2.76. The van der Waals surface area contributed by atoms with Crippen LogP contribution in [0.4, 0.5) is 0 Å². The minimum atomic E-state index is 0. The second-order valence-electron chi connectivity index (χ2n) is 7.21. The van der Waals surface area contributed by atoms with E-state index in [-0.39, 0.29) is 25.9 Å². The van der Waals surface area contributed by atoms with Crippen LogP contribution in [-0.4, -0.2) is 20.1 Å². The van der Waals surface area contributed by atoms with E-state index in [1.807, 2.05) is 48.5 Å². The Morgan fingerprint density at radius 3 is 1.37 bits per heavy atom. The van der Waals surface area contributed by atoms with Crippen molar-refractivity contribution in [3.05, 3.63) is 142 Å². The van der Waals surface area contributed by atoms with Gasteiger partial charge in [0.05, 0.1) is 0 Å². The van der Waals surface area contributed by atoms with Crippen molar-refractivity contribution in [1.29, 1.82) is 0 Å². The van der Waals surface area contributed by atoms with E-state index in [1.54, 1.807) is 48.9 Å². The van der Waals surface area contributed by atoms with E-state index in [1.165, 1.54) is 0 Å². The maximum atomic E-state index is 7.06. The van der Waals surface area contributed by atoms with Gasteiger partial charge in [0.2, 0.25) is 0 Å². The summed E-state index contributed by atoms with van der Waals surface area (Å²) in [5.74, 6) is 0.260. The normalized spacial score (nSPS) is 9.58. The Morgan fingerprint density at radius 2 is 1.08 bits per heavy atom. The molecule has 0 saturated heterocycles. The molecule has 9 heteroatoms. The number of halogens is 4. The van der Waals surface area contributed by atoms with Crippen molar-refractivity contribution >= 4 is 52.2 Å². The van der Waals surface area contributed by atoms with Gasteiger partial charge in [0, 0.05) is 38.7 Å². The zero-order chi connectivity index (χ0) is 26.6. The smallest absolute Gasteiger partial charge is 0.272 e. The molecule has 5 rings (SSSR count). The van der Waals surface area contributed by atoms with Crippen LogP contribution in [0, 0.1) is 12.1 Å². The molecule has 195 valence electrons. The summed E-state index contributed by atoms with van der Waals surface area (Å²) in [7, 11) is 0. The van der Waals surface area contributed by atoms with Crippen LogP contribution in [0.1, 0.15) is 5.69 Å². The summed E-state index contributed by atoms with van der Waals surface area (Å²) in [5.41, 5.74) is 3.79. The topological polar surface area (TPSA) is 61.6 Å². The van der Waals surface area contributed by atoms with Crippen molar-refractivity contribution < 1.29 is 25.2 Å². The third-order valence-electron chi connectivity index (χ3n) is 4.53. The van der Waals surface area contributed by atoms with Gasteiger partial charge in [-0.15, -0.1) is 93.9 Å². The summed E-state index contributed by atoms with van der Waals surface area (Å²) < 4.78 is 0. The van der Waals surface area contributed by atoms with E-state index in [9.17, 15) is 0 Å². The standard InChI is InChI=1S/2C11H6Cl2N.C7H7NO.Ir/c2*12-8-4-5-9(10(13)7-8)11-3-1-2-6-14-11;1-6(9)7-4-2-3-5-8-7;/h2*1-4,6-7H;2-5,9H,1H2;/q2*-1;;/p+1. The average Bonchev–Trinajstić information content (AvgIpc) is 2.91. The van der Waals surface area contributed by atoms with E-state index in [0.717, 1.165) is 22.5 Å². The van der Waals surface area contributed by atoms with E-state index < -0.39 is 0 Å². The van der Waals surface area contributed by atoms with Crippen LogP contribution >= 0.6 is 46.4 Å². The molecule has 4 nitrogen and oxygen atoms in total. The van der Waals surface area contributed by atoms with Gasteiger partial charge in [0.25, 0.3) is 5.76 Å². The zero-order valence-corrected chi connectivity index (χ0v) is 25.1. The molecule has 0 aliphatic heterocycles. The maximum absolute atomic E-state index is 7.06. The van der Waals surface area contributed by atoms with Gasteiger partial charge in [0.15, 0.2) is 5.69 Å². The Morgan fingerprint density at radius 1 is 0.658 bits per heavy atom. The third-order valence-corrected chi connectivity index (χ3v) is 5.56. The monoisotopic (exact) mass is 759 g/mol. The first-order chi connectivity index (χ1) is 17.8. The first kappa shape index (κ1) is 31.5. The molecule has 0 spiro atoms. The van der Waals surface area contributed by atoms with Crippen LogP contribution in [0.3, 0.4) is 0 Å². The van der Waals surface area contributed by atoms with Gasteiger partial charge in [-0.1, -0.05) is 30.3 Å². The molecule has 0 aliphatic rings. The van der Waals surface area contributed by atoms with Crippen molar-refractivity contribution in [2.45, 2.75) is 0 Å². The molecular formula is C29H20Cl4IrN3O-. The molecule has 0 unspecified atom stereocenters. The van der Waals surface area contributed by atoms with Gasteiger partial charge in [-0.05, 0) is 62.3 Å². The van der Waals surface area contributed by atoms with E-state index in [2.05, 4.69) is 33.7 Å². The molecule has 0 amide bonds. The summed E-state index contributed by atoms with van der Waals surface area (Å²) in [4.78, 5) is 12.3. The van der Waals surface area contributed by atoms with Crippen molar-refractivity contribution in [1.82, 2.24) is 15.0 Å². The SMILES string of the molecule is C=C([OH2+])c1ccccn1.Clc1c[c-]c(-c2ccccn2)c(Cl)c1.Clc1c[c-]c(-c2ccccn2)c(Cl)c1.[Ir]. The Labute approximate surface area is 255 Å². The first-order valence-corrected chi connectivity index (χ1v) is 12.2. The van der Waals surface area contributed by atoms with Gasteiger partial charge in [-0.3, -0.25) is 0 Å². The number of hydrogen-bond donors (Lipinski definition) is 0. The fourth-order valence-corrected chi connectivity index (χ4v) is 3.82. The molecule has 5 aromatic rings. The average molecular weight is 761 g/mol. The van der Waals surface area contributed by atoms with Crippen LogP contribution in [0.2, 0.25) is 20.1 Å². The molecule has 0 aliphatic carbocycles. The summed E-state index contributed by atoms with van der Waals surface area (Å²) in [5, 5.41) is 9.35. The molecule has 38 heavy (non-hydrogen) atoms. The van der Waals surface area contributed by atoms with E-state index in [4.69, 9.17) is 51.5 Å². The maximum Gasteiger partial charge on any atom is 0.272 e. The summed E-state index contributed by atoms with van der Waals surface area (Å²) in [6.45, 7) is 3.43. The molecule has 0 atom stereocenters. The zero-order valence-electron chi connectivity index (χ0n) is 19.6. The molecule has 3 aromatic heterocycles. The van der Waals surface area contributed by atoms with Crippen LogP contribution in [0.5, 0.6) is 0 Å². The second-order valence-corrected chi connectivity index (χ2v) is 8.89. The van der Waals surface area contributed by atoms with E-state index >= 15 is 0 Å². The number of rotatable bonds is 3. The van der Waals surface area contributed by atoms with Gasteiger partial charge >= 0.3 is 0 Å². The molecule has 0 saturated carbocycles. The minimum Gasteiger partial charge on any atom is -0.592 e. The molecule has 0 fully saturated rings. The van der Waals surface area contributed by atoms with Crippen LogP contribution < -0.4 is 0 Å². The number of hydrogen-bond acceptors (Lipinski definition) is 3. The van der Waals surface area contributed by atoms with Crippen molar-refractivity contribution in [2.75, 3.05) is 0 Å². The molecule has 1 radical (unpaired) electrons. The van der Waals surface area contributed by atoms with Crippen LogP contribution in [0.15, 0.2) is 104 Å². The van der Waals surface area contributed by atoms with Gasteiger partial charge in [-0.25, -0.2) is 4.98 Å². The van der Waals surface area contributed by atoms with Crippen molar-refractivity contribution in [2.24, 2.45) is 0 Å². The predicted octanol–water partition coefficient (Wildman–Crippen LogP) is 8.49. The molecular weight excluding hydrogens is 740 g/mol. The summed E-state index contributed by atoms with van der Waals surface area (Å²) >= 11 is 23.6. The fraction of sp³-hybridized carbons (Fsp3) is 0. The van der Waals surface area contributed by atoms with Crippen molar-refractivity contribution in [3.8, 4) is 22.5 Å². The minimum absolute atomic E-state index is 0. The Balaban J connectivity index is 0.000000203. The third kappa shape index (κ3) is 9.84. The van der Waals surface area contributed by atoms with Crippen LogP contribution in [0.25, 0.3) is 28.3 Å². The van der Waals surface area contributed by atoms with Crippen molar-refractivity contribution in [3.63, 3.8) is 0 Å². The second kappa shape index (κ2) is 16.3. The molecule has 0 bridgehead atoms. The van der Waals surface area contributed by atoms with E-state index in [0.29, 0.717) is 25.8 Å². The number of nitrogens with zero attached hydrogens (tertiary/aromatic N) is 3. The fourth-order valence-electron chi connectivity index (χ4n) is 2.85. The summed E-state index contributed by atoms with van der Waals surface area (Å²) in [6.07, 6.45) is 5.08.